The van der Waals surface area contributed by atoms with Gasteiger partial charge in [-0.05, 0) is 36.1 Å². The van der Waals surface area contributed by atoms with Crippen molar-refractivity contribution in [2.75, 3.05) is 0 Å². The number of hydrogen-bond donors (Lipinski definition) is 4. The molecule has 2 aromatic carbocycles. The van der Waals surface area contributed by atoms with Gasteiger partial charge >= 0.3 is 7.12 Å². The van der Waals surface area contributed by atoms with Crippen molar-refractivity contribution in [2.45, 2.75) is 32.3 Å². The van der Waals surface area contributed by atoms with Gasteiger partial charge in [0.15, 0.2) is 0 Å². The maximum atomic E-state index is 13.0. The molecule has 4 N–H and O–H groups in total. The number of hydrogen-bond acceptors (Lipinski definition) is 4. The zero-order valence-electron chi connectivity index (χ0n) is 16.1. The van der Waals surface area contributed by atoms with Gasteiger partial charge in [0.25, 0.3) is 5.91 Å². The summed E-state index contributed by atoms with van der Waals surface area (Å²) in [6.45, 7) is 3.80. The number of rotatable bonds is 8. The SMILES string of the molecule is CC(C)C[C@H](NC(=O)[C@@H](NC(=O)c1cc(Cl)ccc1Cl)c1ccccc1)B(O)O. The smallest absolute Gasteiger partial charge is 0.426 e. The minimum Gasteiger partial charge on any atom is -0.426 e. The van der Waals surface area contributed by atoms with E-state index in [2.05, 4.69) is 10.6 Å². The van der Waals surface area contributed by atoms with Crippen LogP contribution in [0.3, 0.4) is 0 Å². The zero-order valence-corrected chi connectivity index (χ0v) is 17.6. The highest BCUT2D eigenvalue weighted by atomic mass is 35.5. The van der Waals surface area contributed by atoms with E-state index in [0.717, 1.165) is 0 Å². The van der Waals surface area contributed by atoms with Crippen LogP contribution >= 0.6 is 23.2 Å². The largest absolute Gasteiger partial charge is 0.475 e. The molecule has 2 amide bonds. The Morgan fingerprint density at radius 1 is 1.03 bits per heavy atom. The van der Waals surface area contributed by atoms with Crippen molar-refractivity contribution in [3.63, 3.8) is 0 Å². The molecule has 2 atom stereocenters. The first-order chi connectivity index (χ1) is 13.7. The highest BCUT2D eigenvalue weighted by Crippen LogP contribution is 2.22. The van der Waals surface area contributed by atoms with Crippen molar-refractivity contribution in [1.29, 1.82) is 0 Å². The number of benzene rings is 2. The Hall–Kier alpha value is -2.06. The van der Waals surface area contributed by atoms with Gasteiger partial charge in [0.1, 0.15) is 6.04 Å². The van der Waals surface area contributed by atoms with Gasteiger partial charge in [0.2, 0.25) is 5.91 Å². The quantitative estimate of drug-likeness (QED) is 0.478. The lowest BCUT2D eigenvalue weighted by Gasteiger charge is -2.24. The summed E-state index contributed by atoms with van der Waals surface area (Å²) in [5, 5.41) is 25.0. The summed E-state index contributed by atoms with van der Waals surface area (Å²) < 4.78 is 0. The summed E-state index contributed by atoms with van der Waals surface area (Å²) in [5.41, 5.74) is 0.668. The summed E-state index contributed by atoms with van der Waals surface area (Å²) >= 11 is 12.1. The molecular formula is C20H23BCl2N2O4. The molecule has 0 aliphatic carbocycles. The van der Waals surface area contributed by atoms with E-state index in [1.54, 1.807) is 36.4 Å². The van der Waals surface area contributed by atoms with Crippen LogP contribution in [0.4, 0.5) is 0 Å². The summed E-state index contributed by atoms with van der Waals surface area (Å²) in [7, 11) is -1.73. The Morgan fingerprint density at radius 2 is 1.69 bits per heavy atom. The Bertz CT molecular complexity index is 850. The highest BCUT2D eigenvalue weighted by molar-refractivity contribution is 6.43. The number of amides is 2. The molecule has 0 saturated heterocycles. The Kier molecular flexibility index (Phi) is 8.52. The van der Waals surface area contributed by atoms with Crippen molar-refractivity contribution in [3.8, 4) is 0 Å². The number of carbonyl (C=O) groups excluding carboxylic acids is 2. The molecule has 0 spiro atoms. The fourth-order valence-electron chi connectivity index (χ4n) is 2.86. The highest BCUT2D eigenvalue weighted by Gasteiger charge is 2.31. The van der Waals surface area contributed by atoms with Crippen molar-refractivity contribution in [2.24, 2.45) is 5.92 Å². The van der Waals surface area contributed by atoms with Crippen LogP contribution in [-0.2, 0) is 4.79 Å². The molecule has 2 rings (SSSR count). The Morgan fingerprint density at radius 3 is 2.28 bits per heavy atom. The topological polar surface area (TPSA) is 98.7 Å². The van der Waals surface area contributed by atoms with Gasteiger partial charge in [-0.1, -0.05) is 67.4 Å². The van der Waals surface area contributed by atoms with Gasteiger partial charge in [0, 0.05) is 5.02 Å². The molecular weight excluding hydrogens is 414 g/mol. The second-order valence-electron chi connectivity index (χ2n) is 7.10. The maximum absolute atomic E-state index is 13.0. The van der Waals surface area contributed by atoms with Crippen LogP contribution in [0.15, 0.2) is 48.5 Å². The third kappa shape index (κ3) is 6.75. The second kappa shape index (κ2) is 10.6. The lowest BCUT2D eigenvalue weighted by molar-refractivity contribution is -0.123. The van der Waals surface area contributed by atoms with E-state index >= 15 is 0 Å². The number of carbonyl (C=O) groups is 2. The molecule has 0 heterocycles. The van der Waals surface area contributed by atoms with Gasteiger partial charge in [-0.2, -0.15) is 0 Å². The third-order valence-electron chi connectivity index (χ3n) is 4.26. The average Bonchev–Trinajstić information content (AvgIpc) is 2.67. The minimum atomic E-state index is -1.73. The van der Waals surface area contributed by atoms with Crippen molar-refractivity contribution < 1.29 is 19.6 Å². The first kappa shape index (κ1) is 23.2. The summed E-state index contributed by atoms with van der Waals surface area (Å²) in [6, 6.07) is 12.0. The van der Waals surface area contributed by atoms with Crippen molar-refractivity contribution in [1.82, 2.24) is 10.6 Å². The standard InChI is InChI=1S/C20H23BCl2N2O4/c1-12(2)10-17(21(28)29)24-20(27)18(13-6-4-3-5-7-13)25-19(26)15-11-14(22)8-9-16(15)23/h3-9,11-12,17-18,28-29H,10H2,1-2H3,(H,24,27)(H,25,26)/t17-,18-/m0/s1. The molecule has 6 nitrogen and oxygen atoms in total. The van der Waals surface area contributed by atoms with E-state index < -0.39 is 30.9 Å². The Labute approximate surface area is 180 Å². The predicted molar refractivity (Wildman–Crippen MR) is 115 cm³/mol. The predicted octanol–water partition coefficient (Wildman–Crippen LogP) is 3.01. The van der Waals surface area contributed by atoms with Crippen LogP contribution in [0.25, 0.3) is 0 Å². The van der Waals surface area contributed by atoms with E-state index in [4.69, 9.17) is 23.2 Å². The molecule has 0 bridgehead atoms. The summed E-state index contributed by atoms with van der Waals surface area (Å²) in [4.78, 5) is 25.7. The lowest BCUT2D eigenvalue weighted by Crippen LogP contribution is -2.51. The van der Waals surface area contributed by atoms with Crippen LogP contribution in [0.5, 0.6) is 0 Å². The van der Waals surface area contributed by atoms with Crippen LogP contribution in [-0.4, -0.2) is 34.9 Å². The van der Waals surface area contributed by atoms with E-state index in [-0.39, 0.29) is 16.5 Å². The fraction of sp³-hybridized carbons (Fsp3) is 0.300. The molecule has 0 aliphatic rings. The van der Waals surface area contributed by atoms with E-state index in [0.29, 0.717) is 17.0 Å². The molecule has 2 aromatic rings. The van der Waals surface area contributed by atoms with Crippen LogP contribution in [0, 0.1) is 5.92 Å². The third-order valence-corrected chi connectivity index (χ3v) is 4.82. The molecule has 0 radical (unpaired) electrons. The van der Waals surface area contributed by atoms with Gasteiger partial charge in [-0.15, -0.1) is 0 Å². The molecule has 29 heavy (non-hydrogen) atoms. The summed E-state index contributed by atoms with van der Waals surface area (Å²) in [5.74, 6) is -1.90. The van der Waals surface area contributed by atoms with Gasteiger partial charge in [-0.25, -0.2) is 0 Å². The van der Waals surface area contributed by atoms with Gasteiger partial charge < -0.3 is 20.7 Å². The first-order valence-electron chi connectivity index (χ1n) is 9.16. The number of nitrogens with one attached hydrogen (secondary N) is 2. The van der Waals surface area contributed by atoms with Crippen molar-refractivity contribution >= 4 is 42.1 Å². The molecule has 0 saturated carbocycles. The summed E-state index contributed by atoms with van der Waals surface area (Å²) in [6.07, 6.45) is 0.360. The normalized spacial score (nSPS) is 12.9. The van der Waals surface area contributed by atoms with E-state index in [1.165, 1.54) is 12.1 Å². The lowest BCUT2D eigenvalue weighted by atomic mass is 9.75. The van der Waals surface area contributed by atoms with Crippen LogP contribution < -0.4 is 10.6 Å². The maximum Gasteiger partial charge on any atom is 0.475 e. The second-order valence-corrected chi connectivity index (χ2v) is 7.94. The Balaban J connectivity index is 2.29. The molecule has 0 aliphatic heterocycles. The first-order valence-corrected chi connectivity index (χ1v) is 9.92. The van der Waals surface area contributed by atoms with Gasteiger partial charge in [-0.3, -0.25) is 9.59 Å². The van der Waals surface area contributed by atoms with E-state index in [1.807, 2.05) is 13.8 Å². The molecule has 9 heteroatoms. The van der Waals surface area contributed by atoms with Gasteiger partial charge in [0.05, 0.1) is 16.5 Å². The molecule has 0 fully saturated rings. The molecule has 0 unspecified atom stereocenters. The molecule has 0 aromatic heterocycles. The minimum absolute atomic E-state index is 0.122. The fourth-order valence-corrected chi connectivity index (χ4v) is 3.23. The van der Waals surface area contributed by atoms with Crippen molar-refractivity contribution in [3.05, 3.63) is 69.7 Å². The average molecular weight is 437 g/mol. The van der Waals surface area contributed by atoms with Crippen LogP contribution in [0.2, 0.25) is 10.0 Å². The monoisotopic (exact) mass is 436 g/mol. The zero-order chi connectivity index (χ0) is 21.6. The van der Waals surface area contributed by atoms with E-state index in [9.17, 15) is 19.6 Å². The van der Waals surface area contributed by atoms with Crippen LogP contribution in [0.1, 0.15) is 42.2 Å². The number of halogens is 2. The molecule has 154 valence electrons.